The Kier molecular flexibility index (Phi) is 10.8. The summed E-state index contributed by atoms with van der Waals surface area (Å²) in [7, 11) is 3.27. The zero-order chi connectivity index (χ0) is 14.1. The van der Waals surface area contributed by atoms with Crippen LogP contribution in [0.5, 0.6) is 0 Å². The summed E-state index contributed by atoms with van der Waals surface area (Å²) in [6, 6.07) is 7.51. The number of ether oxygens (including phenoxy) is 2. The third-order valence-electron chi connectivity index (χ3n) is 2.54. The fraction of sp³-hybridized carbons (Fsp3) is 0.462. The first kappa shape index (κ1) is 19.4. The van der Waals surface area contributed by atoms with Gasteiger partial charge in [0.2, 0.25) is 0 Å². The van der Waals surface area contributed by atoms with E-state index in [-0.39, 0.29) is 30.1 Å². The van der Waals surface area contributed by atoms with Crippen molar-refractivity contribution < 1.29 is 9.47 Å². The maximum absolute atomic E-state index is 5.95. The van der Waals surface area contributed by atoms with E-state index in [2.05, 4.69) is 10.3 Å². The Morgan fingerprint density at radius 1 is 1.45 bits per heavy atom. The molecule has 0 saturated carbocycles. The lowest BCUT2D eigenvalue weighted by atomic mass is 10.1. The highest BCUT2D eigenvalue weighted by molar-refractivity contribution is 14.0. The van der Waals surface area contributed by atoms with Crippen LogP contribution in [0, 0.1) is 0 Å². The first-order valence-corrected chi connectivity index (χ1v) is 6.36. The van der Waals surface area contributed by atoms with Crippen molar-refractivity contribution in [1.29, 1.82) is 0 Å². The average Bonchev–Trinajstić information content (AvgIpc) is 2.40. The molecule has 3 N–H and O–H groups in total. The number of halogens is 2. The van der Waals surface area contributed by atoms with Gasteiger partial charge in [0.1, 0.15) is 6.10 Å². The summed E-state index contributed by atoms with van der Waals surface area (Å²) in [5.74, 6) is 0.376. The predicted molar refractivity (Wildman–Crippen MR) is 93.0 cm³/mol. The molecule has 0 fully saturated rings. The van der Waals surface area contributed by atoms with Gasteiger partial charge < -0.3 is 20.5 Å². The molecule has 5 nitrogen and oxygen atoms in total. The molecule has 1 unspecified atom stereocenters. The van der Waals surface area contributed by atoms with Gasteiger partial charge in [-0.2, -0.15) is 0 Å². The molecule has 0 amide bonds. The summed E-state index contributed by atoms with van der Waals surface area (Å²) < 4.78 is 10.3. The standard InChI is InChI=1S/C13H20ClN3O2.HI/c1-18-7-6-16-13(15)17-9-12(19-2)10-4-3-5-11(14)8-10;/h3-5,8,12H,6-7,9H2,1-2H3,(H3,15,16,17);1H. The van der Waals surface area contributed by atoms with E-state index in [1.54, 1.807) is 14.2 Å². The number of methoxy groups -OCH3 is 2. The molecule has 0 radical (unpaired) electrons. The minimum atomic E-state index is -0.165. The predicted octanol–water partition coefficient (Wildman–Crippen LogP) is 2.20. The molecule has 0 aliphatic carbocycles. The molecule has 0 aliphatic heterocycles. The number of hydrogen-bond donors (Lipinski definition) is 2. The molecule has 114 valence electrons. The minimum Gasteiger partial charge on any atom is -0.383 e. The number of nitrogens with two attached hydrogens (primary N) is 1. The molecule has 0 aromatic heterocycles. The lowest BCUT2D eigenvalue weighted by Gasteiger charge is -2.14. The molecule has 0 bridgehead atoms. The van der Waals surface area contributed by atoms with Gasteiger partial charge in [-0.15, -0.1) is 24.0 Å². The van der Waals surface area contributed by atoms with E-state index in [1.807, 2.05) is 24.3 Å². The second kappa shape index (κ2) is 11.1. The molecule has 0 aliphatic rings. The smallest absolute Gasteiger partial charge is 0.188 e. The van der Waals surface area contributed by atoms with E-state index < -0.39 is 0 Å². The van der Waals surface area contributed by atoms with Gasteiger partial charge in [0, 0.05) is 25.8 Å². The monoisotopic (exact) mass is 413 g/mol. The van der Waals surface area contributed by atoms with Crippen molar-refractivity contribution in [2.24, 2.45) is 10.7 Å². The number of rotatable bonds is 7. The SMILES string of the molecule is COCCNC(N)=NCC(OC)c1cccc(Cl)c1.I. The molecule has 20 heavy (non-hydrogen) atoms. The van der Waals surface area contributed by atoms with Crippen molar-refractivity contribution in [2.75, 3.05) is 33.9 Å². The van der Waals surface area contributed by atoms with Crippen LogP contribution >= 0.6 is 35.6 Å². The maximum Gasteiger partial charge on any atom is 0.188 e. The van der Waals surface area contributed by atoms with Crippen molar-refractivity contribution in [3.05, 3.63) is 34.9 Å². The van der Waals surface area contributed by atoms with E-state index in [4.69, 9.17) is 26.8 Å². The topological polar surface area (TPSA) is 68.9 Å². The van der Waals surface area contributed by atoms with Crippen molar-refractivity contribution in [2.45, 2.75) is 6.10 Å². The van der Waals surface area contributed by atoms with Gasteiger partial charge in [-0.3, -0.25) is 4.99 Å². The highest BCUT2D eigenvalue weighted by Crippen LogP contribution is 2.20. The summed E-state index contributed by atoms with van der Waals surface area (Å²) in [5, 5.41) is 3.62. The first-order valence-electron chi connectivity index (χ1n) is 5.98. The zero-order valence-electron chi connectivity index (χ0n) is 11.6. The van der Waals surface area contributed by atoms with Gasteiger partial charge in [-0.1, -0.05) is 23.7 Å². The van der Waals surface area contributed by atoms with Crippen LogP contribution in [-0.4, -0.2) is 39.9 Å². The number of benzene rings is 1. The van der Waals surface area contributed by atoms with Crippen LogP contribution in [-0.2, 0) is 9.47 Å². The number of nitrogens with zero attached hydrogens (tertiary/aromatic N) is 1. The molecular formula is C13H21ClIN3O2. The largest absolute Gasteiger partial charge is 0.383 e. The lowest BCUT2D eigenvalue weighted by Crippen LogP contribution is -2.34. The first-order chi connectivity index (χ1) is 9.17. The summed E-state index contributed by atoms with van der Waals surface area (Å²) in [6.45, 7) is 1.64. The fourth-order valence-corrected chi connectivity index (χ4v) is 1.74. The van der Waals surface area contributed by atoms with E-state index in [0.29, 0.717) is 30.7 Å². The van der Waals surface area contributed by atoms with Crippen molar-refractivity contribution in [3.63, 3.8) is 0 Å². The van der Waals surface area contributed by atoms with Crippen LogP contribution in [0.2, 0.25) is 5.02 Å². The molecule has 0 saturated heterocycles. The highest BCUT2D eigenvalue weighted by Gasteiger charge is 2.10. The van der Waals surface area contributed by atoms with Gasteiger partial charge in [0.15, 0.2) is 5.96 Å². The summed E-state index contributed by atoms with van der Waals surface area (Å²) in [6.07, 6.45) is -0.165. The zero-order valence-corrected chi connectivity index (χ0v) is 14.7. The van der Waals surface area contributed by atoms with Crippen LogP contribution in [0.15, 0.2) is 29.3 Å². The second-order valence-corrected chi connectivity index (χ2v) is 4.36. The molecule has 0 spiro atoms. The van der Waals surface area contributed by atoms with Crippen molar-refractivity contribution in [1.82, 2.24) is 5.32 Å². The lowest BCUT2D eigenvalue weighted by molar-refractivity contribution is 0.111. The fourth-order valence-electron chi connectivity index (χ4n) is 1.54. The summed E-state index contributed by atoms with van der Waals surface area (Å²) in [5.41, 5.74) is 6.70. The Labute approximate surface area is 141 Å². The van der Waals surface area contributed by atoms with E-state index in [0.717, 1.165) is 5.56 Å². The number of aliphatic imine (C=N–C) groups is 1. The van der Waals surface area contributed by atoms with E-state index >= 15 is 0 Å². The van der Waals surface area contributed by atoms with Crippen molar-refractivity contribution in [3.8, 4) is 0 Å². The van der Waals surface area contributed by atoms with E-state index in [9.17, 15) is 0 Å². The maximum atomic E-state index is 5.95. The Hall–Kier alpha value is -0.570. The molecule has 1 atom stereocenters. The van der Waals surface area contributed by atoms with Crippen molar-refractivity contribution >= 4 is 41.5 Å². The summed E-state index contributed by atoms with van der Waals surface area (Å²) >= 11 is 5.95. The van der Waals surface area contributed by atoms with Crippen LogP contribution in [0.3, 0.4) is 0 Å². The number of hydrogen-bond acceptors (Lipinski definition) is 3. The number of nitrogens with one attached hydrogen (secondary N) is 1. The average molecular weight is 414 g/mol. The quantitative estimate of drug-likeness (QED) is 0.311. The third-order valence-corrected chi connectivity index (χ3v) is 2.78. The molecule has 0 heterocycles. The normalized spacial score (nSPS) is 12.7. The molecular weight excluding hydrogens is 393 g/mol. The van der Waals surface area contributed by atoms with Gasteiger partial charge in [-0.05, 0) is 17.7 Å². The molecule has 1 rings (SSSR count). The van der Waals surface area contributed by atoms with Gasteiger partial charge in [0.05, 0.1) is 13.2 Å². The van der Waals surface area contributed by atoms with Gasteiger partial charge >= 0.3 is 0 Å². The third kappa shape index (κ3) is 7.28. The van der Waals surface area contributed by atoms with Crippen LogP contribution < -0.4 is 11.1 Å². The molecule has 1 aromatic rings. The van der Waals surface area contributed by atoms with E-state index in [1.165, 1.54) is 0 Å². The van der Waals surface area contributed by atoms with Gasteiger partial charge in [0.25, 0.3) is 0 Å². The molecule has 7 heteroatoms. The molecule has 1 aromatic carbocycles. The van der Waals surface area contributed by atoms with Crippen LogP contribution in [0.4, 0.5) is 0 Å². The minimum absolute atomic E-state index is 0. The highest BCUT2D eigenvalue weighted by atomic mass is 127. The number of guanidine groups is 1. The Bertz CT molecular complexity index is 418. The van der Waals surface area contributed by atoms with Gasteiger partial charge in [-0.25, -0.2) is 0 Å². The Morgan fingerprint density at radius 2 is 2.20 bits per heavy atom. The van der Waals surface area contributed by atoms with Crippen LogP contribution in [0.25, 0.3) is 0 Å². The Morgan fingerprint density at radius 3 is 2.80 bits per heavy atom. The second-order valence-electron chi connectivity index (χ2n) is 3.92. The summed E-state index contributed by atoms with van der Waals surface area (Å²) in [4.78, 5) is 4.23. The Balaban J connectivity index is 0.00000361. The van der Waals surface area contributed by atoms with Crippen LogP contribution in [0.1, 0.15) is 11.7 Å².